The molecule has 0 bridgehead atoms. The molecule has 128 valence electrons. The van der Waals surface area contributed by atoms with Gasteiger partial charge in [0, 0.05) is 6.42 Å². The van der Waals surface area contributed by atoms with Gasteiger partial charge in [0.05, 0.1) is 32.3 Å². The Morgan fingerprint density at radius 2 is 2.17 bits per heavy atom. The summed E-state index contributed by atoms with van der Waals surface area (Å²) >= 11 is 0. The van der Waals surface area contributed by atoms with Crippen LogP contribution in [-0.2, 0) is 6.42 Å². The Morgan fingerprint density at radius 1 is 1.46 bits per heavy atom. The predicted molar refractivity (Wildman–Crippen MR) is 83.1 cm³/mol. The normalized spacial score (nSPS) is 15.7. The van der Waals surface area contributed by atoms with Crippen LogP contribution in [0.1, 0.15) is 17.4 Å². The number of β-amino-alcohol motifs (C(OH)–C–C–N with tert-alkyl or cyclic N) is 1. The van der Waals surface area contributed by atoms with Crippen LogP contribution in [-0.4, -0.2) is 52.8 Å². The third-order valence-corrected chi connectivity index (χ3v) is 3.77. The number of hydrogen-bond acceptors (Lipinski definition) is 7. The summed E-state index contributed by atoms with van der Waals surface area (Å²) in [6, 6.07) is 6.94. The number of aliphatic hydroxyl groups is 1. The summed E-state index contributed by atoms with van der Waals surface area (Å²) < 4.78 is 10.3. The second kappa shape index (κ2) is 6.75. The molecule has 1 amide bonds. The fourth-order valence-corrected chi connectivity index (χ4v) is 2.46. The molecule has 1 aromatic heterocycles. The largest absolute Gasteiger partial charge is 0.497 e. The van der Waals surface area contributed by atoms with Crippen molar-refractivity contribution in [3.05, 3.63) is 35.7 Å². The third-order valence-electron chi connectivity index (χ3n) is 3.77. The first-order valence-electron chi connectivity index (χ1n) is 7.44. The molecule has 24 heavy (non-hydrogen) atoms. The summed E-state index contributed by atoms with van der Waals surface area (Å²) in [5.74, 6) is 0.976. The number of nitrogens with zero attached hydrogens (tertiary/aromatic N) is 3. The number of anilines is 1. The number of aliphatic hydroxyl groups excluding tert-OH is 1. The molecular formula is C15H18N4O5. The van der Waals surface area contributed by atoms with Gasteiger partial charge in [-0.05, 0) is 17.7 Å². The van der Waals surface area contributed by atoms with E-state index in [0.717, 1.165) is 11.3 Å². The summed E-state index contributed by atoms with van der Waals surface area (Å²) in [7, 11) is 1.58. The molecule has 1 atom stereocenters. The molecule has 3 rings (SSSR count). The number of nitrogens with one attached hydrogen (secondary N) is 1. The van der Waals surface area contributed by atoms with Crippen LogP contribution in [0.5, 0.6) is 5.75 Å². The molecule has 0 spiro atoms. The van der Waals surface area contributed by atoms with Gasteiger partial charge >= 0.3 is 12.1 Å². The van der Waals surface area contributed by atoms with Crippen LogP contribution in [0.3, 0.4) is 0 Å². The molecule has 1 aliphatic rings. The Kier molecular flexibility index (Phi) is 4.52. The van der Waals surface area contributed by atoms with Crippen molar-refractivity contribution in [1.82, 2.24) is 15.5 Å². The van der Waals surface area contributed by atoms with Gasteiger partial charge in [0.15, 0.2) is 5.82 Å². The summed E-state index contributed by atoms with van der Waals surface area (Å²) in [6.45, 7) is 0.855. The Balaban J connectivity index is 1.74. The third kappa shape index (κ3) is 3.57. The number of carboxylic acid groups (broad SMARTS) is 1. The topological polar surface area (TPSA) is 121 Å². The molecule has 0 aliphatic carbocycles. The van der Waals surface area contributed by atoms with Gasteiger partial charge in [-0.2, -0.15) is 4.98 Å². The average Bonchev–Trinajstić information content (AvgIpc) is 3.01. The van der Waals surface area contributed by atoms with E-state index in [0.29, 0.717) is 19.5 Å². The molecule has 0 saturated carbocycles. The second-order valence-corrected chi connectivity index (χ2v) is 5.55. The molecule has 2 aromatic rings. The van der Waals surface area contributed by atoms with Crippen LogP contribution in [0.15, 0.2) is 28.8 Å². The highest BCUT2D eigenvalue weighted by Crippen LogP contribution is 2.23. The number of ether oxygens (including phenoxy) is 1. The van der Waals surface area contributed by atoms with E-state index in [1.165, 1.54) is 0 Å². The highest BCUT2D eigenvalue weighted by atomic mass is 16.5. The number of carbonyl (C=O) groups is 1. The molecule has 1 aromatic carbocycles. The van der Waals surface area contributed by atoms with Gasteiger partial charge in [-0.15, -0.1) is 0 Å². The SMILES string of the molecule is COc1ccc(CC(NC(=O)O)c2noc(N3CC(O)C3)n2)cc1. The maximum Gasteiger partial charge on any atom is 0.405 e. The van der Waals surface area contributed by atoms with Crippen molar-refractivity contribution in [3.8, 4) is 5.75 Å². The van der Waals surface area contributed by atoms with Gasteiger partial charge in [0.25, 0.3) is 0 Å². The number of amides is 1. The maximum absolute atomic E-state index is 11.1. The summed E-state index contributed by atoms with van der Waals surface area (Å²) in [4.78, 5) is 17.0. The zero-order valence-corrected chi connectivity index (χ0v) is 13.0. The van der Waals surface area contributed by atoms with Crippen LogP contribution >= 0.6 is 0 Å². The van der Waals surface area contributed by atoms with E-state index in [4.69, 9.17) is 14.4 Å². The smallest absolute Gasteiger partial charge is 0.405 e. The standard InChI is InChI=1S/C15H18N4O5/c1-23-11-4-2-9(3-5-11)6-12(16-15(21)22)13-17-14(24-18-13)19-7-10(20)8-19/h2-5,10,12,16,20H,6-8H2,1H3,(H,21,22). The van der Waals surface area contributed by atoms with Crippen LogP contribution in [0.2, 0.25) is 0 Å². The van der Waals surface area contributed by atoms with Crippen molar-refractivity contribution in [3.63, 3.8) is 0 Å². The maximum atomic E-state index is 11.1. The van der Waals surface area contributed by atoms with Crippen LogP contribution in [0, 0.1) is 0 Å². The summed E-state index contributed by atoms with van der Waals surface area (Å²) in [5, 5.41) is 24.6. The van der Waals surface area contributed by atoms with Crippen molar-refractivity contribution < 1.29 is 24.3 Å². The number of aromatic nitrogens is 2. The summed E-state index contributed by atoms with van der Waals surface area (Å²) in [5.41, 5.74) is 0.903. The monoisotopic (exact) mass is 334 g/mol. The quantitative estimate of drug-likeness (QED) is 0.709. The minimum Gasteiger partial charge on any atom is -0.497 e. The molecule has 1 unspecified atom stereocenters. The van der Waals surface area contributed by atoms with Crippen molar-refractivity contribution >= 4 is 12.1 Å². The van der Waals surface area contributed by atoms with Crippen molar-refractivity contribution in [2.45, 2.75) is 18.6 Å². The van der Waals surface area contributed by atoms with Crippen molar-refractivity contribution in [1.29, 1.82) is 0 Å². The van der Waals surface area contributed by atoms with E-state index in [2.05, 4.69) is 15.5 Å². The predicted octanol–water partition coefficient (Wildman–Crippen LogP) is 0.810. The molecule has 0 radical (unpaired) electrons. The van der Waals surface area contributed by atoms with E-state index in [1.807, 2.05) is 12.1 Å². The fourth-order valence-electron chi connectivity index (χ4n) is 2.46. The zero-order valence-electron chi connectivity index (χ0n) is 13.0. The van der Waals surface area contributed by atoms with Gasteiger partial charge < -0.3 is 29.7 Å². The number of rotatable bonds is 6. The molecule has 3 N–H and O–H groups in total. The lowest BCUT2D eigenvalue weighted by Crippen LogP contribution is -2.51. The van der Waals surface area contributed by atoms with E-state index in [1.54, 1.807) is 24.1 Å². The first-order valence-corrected chi connectivity index (χ1v) is 7.44. The van der Waals surface area contributed by atoms with Crippen LogP contribution in [0.4, 0.5) is 10.8 Å². The van der Waals surface area contributed by atoms with Gasteiger partial charge in [-0.25, -0.2) is 4.79 Å². The van der Waals surface area contributed by atoms with Crippen LogP contribution in [0.25, 0.3) is 0 Å². The fraction of sp³-hybridized carbons (Fsp3) is 0.400. The Hall–Kier alpha value is -2.81. The molecule has 9 nitrogen and oxygen atoms in total. The first-order chi connectivity index (χ1) is 11.5. The summed E-state index contributed by atoms with van der Waals surface area (Å²) in [6.07, 6.45) is -1.19. The minimum absolute atomic E-state index is 0.254. The highest BCUT2D eigenvalue weighted by Gasteiger charge is 2.30. The molecule has 1 fully saturated rings. The van der Waals surface area contributed by atoms with Gasteiger partial charge in [0.1, 0.15) is 5.75 Å². The first kappa shape index (κ1) is 16.1. The Labute approximate surface area is 137 Å². The molecule has 1 aliphatic heterocycles. The van der Waals surface area contributed by atoms with Crippen LogP contribution < -0.4 is 15.0 Å². The lowest BCUT2D eigenvalue weighted by molar-refractivity contribution is 0.135. The van der Waals surface area contributed by atoms with E-state index >= 15 is 0 Å². The van der Waals surface area contributed by atoms with E-state index < -0.39 is 18.2 Å². The van der Waals surface area contributed by atoms with Gasteiger partial charge in [-0.3, -0.25) is 0 Å². The van der Waals surface area contributed by atoms with Crippen molar-refractivity contribution in [2.24, 2.45) is 0 Å². The number of methoxy groups -OCH3 is 1. The Morgan fingerprint density at radius 3 is 2.75 bits per heavy atom. The number of benzene rings is 1. The lowest BCUT2D eigenvalue weighted by Gasteiger charge is -2.33. The second-order valence-electron chi connectivity index (χ2n) is 5.55. The minimum atomic E-state index is -1.17. The molecule has 9 heteroatoms. The lowest BCUT2D eigenvalue weighted by atomic mass is 10.1. The van der Waals surface area contributed by atoms with Gasteiger partial charge in [-0.1, -0.05) is 17.3 Å². The molecule has 1 saturated heterocycles. The highest BCUT2D eigenvalue weighted by molar-refractivity contribution is 5.65. The Bertz CT molecular complexity index is 696. The zero-order chi connectivity index (χ0) is 17.1. The van der Waals surface area contributed by atoms with Gasteiger partial charge in [0.2, 0.25) is 0 Å². The van der Waals surface area contributed by atoms with Crippen molar-refractivity contribution in [2.75, 3.05) is 25.1 Å². The van der Waals surface area contributed by atoms with E-state index in [9.17, 15) is 9.90 Å². The average molecular weight is 334 g/mol. The number of hydrogen-bond donors (Lipinski definition) is 3. The molecular weight excluding hydrogens is 316 g/mol. The van der Waals surface area contributed by atoms with E-state index in [-0.39, 0.29) is 11.8 Å². The molecule has 2 heterocycles.